The van der Waals surface area contributed by atoms with Crippen molar-refractivity contribution in [1.82, 2.24) is 5.32 Å². The van der Waals surface area contributed by atoms with Crippen molar-refractivity contribution in [3.8, 4) is 0 Å². The third-order valence-electron chi connectivity index (χ3n) is 4.87. The number of nitrogens with one attached hydrogen (secondary N) is 1. The number of rotatable bonds is 1. The van der Waals surface area contributed by atoms with Crippen LogP contribution in [0.2, 0.25) is 0 Å². The number of benzene rings is 2. The van der Waals surface area contributed by atoms with E-state index < -0.39 is 17.8 Å². The first-order valence-corrected chi connectivity index (χ1v) is 8.08. The van der Waals surface area contributed by atoms with Gasteiger partial charge in [0.1, 0.15) is 0 Å². The molecule has 3 nitrogen and oxygen atoms in total. The van der Waals surface area contributed by atoms with Crippen molar-refractivity contribution in [3.05, 3.63) is 70.8 Å². The molecule has 0 spiro atoms. The highest BCUT2D eigenvalue weighted by Crippen LogP contribution is 2.38. The number of carbonyl (C=O) groups excluding carboxylic acids is 1. The molecule has 2 amide bonds. The van der Waals surface area contributed by atoms with Crippen molar-refractivity contribution in [2.24, 2.45) is 10.9 Å². The van der Waals surface area contributed by atoms with Crippen molar-refractivity contribution in [3.63, 3.8) is 0 Å². The summed E-state index contributed by atoms with van der Waals surface area (Å²) in [6.07, 6.45) is -2.72. The fourth-order valence-corrected chi connectivity index (χ4v) is 3.67. The first-order chi connectivity index (χ1) is 11.9. The molecular weight excluding hydrogens is 329 g/mol. The maximum Gasteiger partial charge on any atom is 0.416 e. The molecule has 0 radical (unpaired) electrons. The molecule has 1 aliphatic heterocycles. The lowest BCUT2D eigenvalue weighted by molar-refractivity contribution is -0.137. The van der Waals surface area contributed by atoms with Crippen LogP contribution in [0.3, 0.4) is 0 Å². The number of alkyl halides is 3. The van der Waals surface area contributed by atoms with Crippen LogP contribution >= 0.6 is 0 Å². The lowest BCUT2D eigenvalue weighted by Crippen LogP contribution is -2.43. The Morgan fingerprint density at radius 1 is 1.04 bits per heavy atom. The second kappa shape index (κ2) is 5.72. The normalized spacial score (nSPS) is 22.5. The lowest BCUT2D eigenvalue weighted by Gasteiger charge is -2.36. The van der Waals surface area contributed by atoms with E-state index in [1.165, 1.54) is 12.1 Å². The molecule has 1 N–H and O–H groups in total. The van der Waals surface area contributed by atoms with E-state index in [0.717, 1.165) is 41.8 Å². The van der Waals surface area contributed by atoms with Gasteiger partial charge in [0.2, 0.25) is 0 Å². The van der Waals surface area contributed by atoms with E-state index >= 15 is 0 Å². The number of aryl methyl sites for hydroxylation is 1. The van der Waals surface area contributed by atoms with Crippen molar-refractivity contribution < 1.29 is 18.0 Å². The fourth-order valence-electron chi connectivity index (χ4n) is 3.67. The second-order valence-corrected chi connectivity index (χ2v) is 6.35. The third-order valence-corrected chi connectivity index (χ3v) is 4.87. The van der Waals surface area contributed by atoms with Crippen LogP contribution in [0, 0.1) is 5.92 Å². The van der Waals surface area contributed by atoms with E-state index in [2.05, 4.69) is 10.3 Å². The molecule has 2 aromatic carbocycles. The van der Waals surface area contributed by atoms with E-state index in [0.29, 0.717) is 5.56 Å². The monoisotopic (exact) mass is 344 g/mol. The molecule has 2 aromatic rings. The van der Waals surface area contributed by atoms with Crippen LogP contribution < -0.4 is 5.32 Å². The van der Waals surface area contributed by atoms with Gasteiger partial charge >= 0.3 is 12.2 Å². The predicted molar refractivity (Wildman–Crippen MR) is 87.5 cm³/mol. The number of nitrogens with zero attached hydrogens (tertiary/aromatic N) is 1. The lowest BCUT2D eigenvalue weighted by atomic mass is 9.75. The molecule has 0 fully saturated rings. The van der Waals surface area contributed by atoms with Gasteiger partial charge < -0.3 is 5.32 Å². The minimum absolute atomic E-state index is 0.0377. The molecule has 128 valence electrons. The van der Waals surface area contributed by atoms with Gasteiger partial charge in [-0.1, -0.05) is 36.4 Å². The van der Waals surface area contributed by atoms with E-state index in [1.807, 2.05) is 24.3 Å². The number of hydrogen-bond acceptors (Lipinski definition) is 1. The number of urea groups is 1. The van der Waals surface area contributed by atoms with Gasteiger partial charge in [0, 0.05) is 5.92 Å². The Hall–Kier alpha value is -2.63. The molecular formula is C19H15F3N2O. The van der Waals surface area contributed by atoms with E-state index in [4.69, 9.17) is 0 Å². The molecule has 0 bridgehead atoms. The van der Waals surface area contributed by atoms with E-state index in [9.17, 15) is 18.0 Å². The number of aliphatic imine (C=N–C) groups is 1. The maximum atomic E-state index is 12.8. The van der Waals surface area contributed by atoms with Crippen molar-refractivity contribution in [2.75, 3.05) is 0 Å². The summed E-state index contributed by atoms with van der Waals surface area (Å²) in [5.74, 6) is -0.0377. The van der Waals surface area contributed by atoms with Gasteiger partial charge in [0.15, 0.2) is 0 Å². The van der Waals surface area contributed by atoms with Gasteiger partial charge in [-0.15, -0.1) is 0 Å². The first kappa shape index (κ1) is 15.9. The highest BCUT2D eigenvalue weighted by molar-refractivity contribution is 6.11. The van der Waals surface area contributed by atoms with Crippen LogP contribution in [-0.4, -0.2) is 11.7 Å². The zero-order valence-corrected chi connectivity index (χ0v) is 13.2. The second-order valence-electron chi connectivity index (χ2n) is 6.35. The van der Waals surface area contributed by atoms with Crippen molar-refractivity contribution in [1.29, 1.82) is 0 Å². The molecule has 25 heavy (non-hydrogen) atoms. The third kappa shape index (κ3) is 2.81. The maximum absolute atomic E-state index is 12.8. The molecule has 2 aliphatic rings. The number of fused-ring (bicyclic) bond motifs is 3. The van der Waals surface area contributed by atoms with Crippen molar-refractivity contribution >= 4 is 11.7 Å². The van der Waals surface area contributed by atoms with Gasteiger partial charge in [0.25, 0.3) is 0 Å². The standard InChI is InChI=1S/C19H15F3N2O/c20-19(21,22)13-8-5-12(6-9-13)16-15-10-7-11-3-1-2-4-14(11)17(15)24-18(25)23-16/h1-6,8-9,15-16H,7,10H2,(H,23,25). The summed E-state index contributed by atoms with van der Waals surface area (Å²) in [4.78, 5) is 16.2. The quantitative estimate of drug-likeness (QED) is 0.812. The smallest absolute Gasteiger partial charge is 0.329 e. The number of halogens is 3. The van der Waals surface area contributed by atoms with Gasteiger partial charge in [-0.3, -0.25) is 0 Å². The Kier molecular flexibility index (Phi) is 3.63. The van der Waals surface area contributed by atoms with Crippen LogP contribution in [0.5, 0.6) is 0 Å². The summed E-state index contributed by atoms with van der Waals surface area (Å²) in [7, 11) is 0. The minimum atomic E-state index is -4.37. The number of carbonyl (C=O) groups is 1. The number of hydrogen-bond donors (Lipinski definition) is 1. The Morgan fingerprint density at radius 2 is 1.76 bits per heavy atom. The molecule has 0 saturated heterocycles. The Labute approximate surface area is 142 Å². The largest absolute Gasteiger partial charge is 0.416 e. The number of amides is 2. The fraction of sp³-hybridized carbons (Fsp3) is 0.263. The van der Waals surface area contributed by atoms with Crippen LogP contribution in [0.25, 0.3) is 0 Å². The highest BCUT2D eigenvalue weighted by atomic mass is 19.4. The molecule has 6 heteroatoms. The van der Waals surface area contributed by atoms with E-state index in [1.54, 1.807) is 0 Å². The zero-order valence-electron chi connectivity index (χ0n) is 13.2. The predicted octanol–water partition coefficient (Wildman–Crippen LogP) is 4.52. The summed E-state index contributed by atoms with van der Waals surface area (Å²) in [6.45, 7) is 0. The molecule has 4 rings (SSSR count). The van der Waals surface area contributed by atoms with Crippen LogP contribution in [-0.2, 0) is 12.6 Å². The molecule has 2 atom stereocenters. The van der Waals surface area contributed by atoms with Gasteiger partial charge in [0.05, 0.1) is 17.3 Å². The Morgan fingerprint density at radius 3 is 2.48 bits per heavy atom. The van der Waals surface area contributed by atoms with Gasteiger partial charge in [-0.25, -0.2) is 4.79 Å². The van der Waals surface area contributed by atoms with Crippen molar-refractivity contribution in [2.45, 2.75) is 25.1 Å². The summed E-state index contributed by atoms with van der Waals surface area (Å²) >= 11 is 0. The Balaban J connectivity index is 1.71. The summed E-state index contributed by atoms with van der Waals surface area (Å²) in [6, 6.07) is 12.0. The average Bonchev–Trinajstić information content (AvgIpc) is 2.60. The molecule has 0 aromatic heterocycles. The highest BCUT2D eigenvalue weighted by Gasteiger charge is 2.37. The Bertz CT molecular complexity index is 856. The minimum Gasteiger partial charge on any atom is -0.329 e. The summed E-state index contributed by atoms with van der Waals surface area (Å²) in [5.41, 5.74) is 2.82. The van der Waals surface area contributed by atoms with E-state index in [-0.39, 0.29) is 12.0 Å². The SMILES string of the molecule is O=C1N=C2c3ccccc3CCC2C(c2ccc(C(F)(F)F)cc2)N1. The van der Waals surface area contributed by atoms with Gasteiger partial charge in [-0.05, 0) is 41.7 Å². The molecule has 1 aliphatic carbocycles. The summed E-state index contributed by atoms with van der Waals surface area (Å²) < 4.78 is 38.3. The van der Waals surface area contributed by atoms with Gasteiger partial charge in [-0.2, -0.15) is 18.2 Å². The topological polar surface area (TPSA) is 41.5 Å². The first-order valence-electron chi connectivity index (χ1n) is 8.08. The summed E-state index contributed by atoms with van der Waals surface area (Å²) in [5, 5.41) is 2.81. The molecule has 0 saturated carbocycles. The van der Waals surface area contributed by atoms with Crippen LogP contribution in [0.15, 0.2) is 53.5 Å². The van der Waals surface area contributed by atoms with Crippen LogP contribution in [0.4, 0.5) is 18.0 Å². The molecule has 1 heterocycles. The molecule has 2 unspecified atom stereocenters. The van der Waals surface area contributed by atoms with Crippen LogP contribution in [0.1, 0.15) is 34.7 Å². The average molecular weight is 344 g/mol. The zero-order chi connectivity index (χ0) is 17.6.